The van der Waals surface area contributed by atoms with Gasteiger partial charge in [0.1, 0.15) is 0 Å². The molecule has 0 fully saturated rings. The number of rotatable bonds is 7. The zero-order valence-electron chi connectivity index (χ0n) is 9.42. The van der Waals surface area contributed by atoms with Crippen LogP contribution in [0.4, 0.5) is 0 Å². The summed E-state index contributed by atoms with van der Waals surface area (Å²) in [6.07, 6.45) is 2.77. The predicted molar refractivity (Wildman–Crippen MR) is 55.8 cm³/mol. The van der Waals surface area contributed by atoms with Crippen molar-refractivity contribution in [1.29, 1.82) is 0 Å². The van der Waals surface area contributed by atoms with E-state index in [0.29, 0.717) is 12.5 Å². The predicted octanol–water partition coefficient (Wildman–Crippen LogP) is 2.60. The second-order valence-electron chi connectivity index (χ2n) is 3.66. The van der Waals surface area contributed by atoms with Gasteiger partial charge in [0, 0.05) is 6.61 Å². The lowest BCUT2D eigenvalue weighted by Gasteiger charge is -2.26. The molecule has 0 bridgehead atoms. The third kappa shape index (κ3) is 4.63. The maximum absolute atomic E-state index is 9.91. The molecule has 80 valence electrons. The second kappa shape index (κ2) is 7.34. The van der Waals surface area contributed by atoms with Gasteiger partial charge in [-0.3, -0.25) is 0 Å². The Kier molecular flexibility index (Phi) is 7.29. The highest BCUT2D eigenvalue weighted by atomic mass is 16.5. The molecule has 0 amide bonds. The summed E-state index contributed by atoms with van der Waals surface area (Å²) in [7, 11) is 0. The first-order valence-electron chi connectivity index (χ1n) is 5.46. The van der Waals surface area contributed by atoms with E-state index >= 15 is 0 Å². The number of hydrogen-bond donors (Lipinski definition) is 1. The molecule has 3 atom stereocenters. The summed E-state index contributed by atoms with van der Waals surface area (Å²) in [6, 6.07) is 0. The van der Waals surface area contributed by atoms with E-state index in [1.807, 2.05) is 6.92 Å². The minimum Gasteiger partial charge on any atom is -0.390 e. The van der Waals surface area contributed by atoms with E-state index in [-0.39, 0.29) is 12.2 Å². The molecule has 2 heteroatoms. The van der Waals surface area contributed by atoms with E-state index in [1.54, 1.807) is 0 Å². The van der Waals surface area contributed by atoms with Crippen LogP contribution in [0.15, 0.2) is 0 Å². The van der Waals surface area contributed by atoms with Crippen LogP contribution in [0.25, 0.3) is 0 Å². The highest BCUT2D eigenvalue weighted by Crippen LogP contribution is 2.17. The molecule has 0 aromatic rings. The summed E-state index contributed by atoms with van der Waals surface area (Å²) in [6.45, 7) is 8.97. The first-order chi connectivity index (χ1) is 6.17. The average Bonchev–Trinajstić information content (AvgIpc) is 2.15. The summed E-state index contributed by atoms with van der Waals surface area (Å²) in [5.41, 5.74) is 0. The van der Waals surface area contributed by atoms with Crippen LogP contribution in [0.3, 0.4) is 0 Å². The van der Waals surface area contributed by atoms with Gasteiger partial charge < -0.3 is 9.84 Å². The molecule has 0 aliphatic rings. The van der Waals surface area contributed by atoms with Gasteiger partial charge in [-0.25, -0.2) is 0 Å². The summed E-state index contributed by atoms with van der Waals surface area (Å²) in [5.74, 6) is 0.336. The Morgan fingerprint density at radius 3 is 2.23 bits per heavy atom. The number of ether oxygens (including phenoxy) is 1. The van der Waals surface area contributed by atoms with Crippen molar-refractivity contribution in [1.82, 2.24) is 0 Å². The molecule has 0 aromatic heterocycles. The SMILES string of the molecule is CCCC(OCC)C(O)C(C)CC. The summed E-state index contributed by atoms with van der Waals surface area (Å²) < 4.78 is 5.52. The quantitative estimate of drug-likeness (QED) is 0.665. The molecule has 0 aromatic carbocycles. The van der Waals surface area contributed by atoms with Gasteiger partial charge in [-0.05, 0) is 19.3 Å². The molecule has 0 saturated heterocycles. The lowest BCUT2D eigenvalue weighted by atomic mass is 9.95. The fourth-order valence-electron chi connectivity index (χ4n) is 1.46. The summed E-state index contributed by atoms with van der Waals surface area (Å²) in [4.78, 5) is 0. The normalized spacial score (nSPS) is 18.2. The highest BCUT2D eigenvalue weighted by molar-refractivity contribution is 4.73. The number of hydrogen-bond acceptors (Lipinski definition) is 2. The molecule has 13 heavy (non-hydrogen) atoms. The van der Waals surface area contributed by atoms with Crippen LogP contribution < -0.4 is 0 Å². The fourth-order valence-corrected chi connectivity index (χ4v) is 1.46. The first kappa shape index (κ1) is 12.9. The van der Waals surface area contributed by atoms with E-state index in [4.69, 9.17) is 4.74 Å². The molecular weight excluding hydrogens is 164 g/mol. The molecule has 0 spiro atoms. The maximum atomic E-state index is 9.91. The van der Waals surface area contributed by atoms with Crippen LogP contribution in [0, 0.1) is 5.92 Å². The Morgan fingerprint density at radius 2 is 1.85 bits per heavy atom. The van der Waals surface area contributed by atoms with Crippen molar-refractivity contribution in [3.05, 3.63) is 0 Å². The van der Waals surface area contributed by atoms with Crippen LogP contribution in [0.2, 0.25) is 0 Å². The standard InChI is InChI=1S/C11H24O2/c1-5-8-10(13-7-3)11(12)9(4)6-2/h9-12H,5-8H2,1-4H3. The smallest absolute Gasteiger partial charge is 0.0836 e. The van der Waals surface area contributed by atoms with Gasteiger partial charge in [-0.15, -0.1) is 0 Å². The van der Waals surface area contributed by atoms with Gasteiger partial charge in [0.25, 0.3) is 0 Å². The zero-order valence-corrected chi connectivity index (χ0v) is 9.42. The largest absolute Gasteiger partial charge is 0.390 e. The topological polar surface area (TPSA) is 29.5 Å². The van der Waals surface area contributed by atoms with E-state index in [1.165, 1.54) is 0 Å². The second-order valence-corrected chi connectivity index (χ2v) is 3.66. The summed E-state index contributed by atoms with van der Waals surface area (Å²) in [5, 5.41) is 9.91. The van der Waals surface area contributed by atoms with Crippen LogP contribution in [0.1, 0.15) is 47.0 Å². The molecule has 0 aliphatic heterocycles. The Balaban J connectivity index is 4.00. The van der Waals surface area contributed by atoms with E-state index < -0.39 is 0 Å². The first-order valence-corrected chi connectivity index (χ1v) is 5.46. The van der Waals surface area contributed by atoms with E-state index in [9.17, 15) is 5.11 Å². The molecule has 0 rings (SSSR count). The van der Waals surface area contributed by atoms with Crippen molar-refractivity contribution in [3.8, 4) is 0 Å². The molecule has 3 unspecified atom stereocenters. The van der Waals surface area contributed by atoms with Gasteiger partial charge in [-0.2, -0.15) is 0 Å². The fraction of sp³-hybridized carbons (Fsp3) is 1.00. The third-order valence-electron chi connectivity index (χ3n) is 2.56. The highest BCUT2D eigenvalue weighted by Gasteiger charge is 2.22. The van der Waals surface area contributed by atoms with Crippen LogP contribution in [0.5, 0.6) is 0 Å². The van der Waals surface area contributed by atoms with Crippen molar-refractivity contribution in [2.75, 3.05) is 6.61 Å². The van der Waals surface area contributed by atoms with Crippen molar-refractivity contribution in [2.45, 2.75) is 59.2 Å². The third-order valence-corrected chi connectivity index (χ3v) is 2.56. The van der Waals surface area contributed by atoms with Crippen LogP contribution in [-0.2, 0) is 4.74 Å². The Hall–Kier alpha value is -0.0800. The molecule has 1 N–H and O–H groups in total. The van der Waals surface area contributed by atoms with E-state index in [2.05, 4.69) is 20.8 Å². The van der Waals surface area contributed by atoms with Crippen molar-refractivity contribution in [2.24, 2.45) is 5.92 Å². The minimum absolute atomic E-state index is 0.0324. The molecule has 0 aliphatic carbocycles. The van der Waals surface area contributed by atoms with Crippen molar-refractivity contribution >= 4 is 0 Å². The lowest BCUT2D eigenvalue weighted by molar-refractivity contribution is -0.0594. The molecule has 0 saturated carbocycles. The Bertz CT molecular complexity index is 109. The zero-order chi connectivity index (χ0) is 10.3. The van der Waals surface area contributed by atoms with Gasteiger partial charge in [-0.1, -0.05) is 33.6 Å². The average molecular weight is 188 g/mol. The Labute approximate surface area is 82.3 Å². The molecule has 0 radical (unpaired) electrons. The molecule has 0 heterocycles. The van der Waals surface area contributed by atoms with Gasteiger partial charge in [0.2, 0.25) is 0 Å². The van der Waals surface area contributed by atoms with E-state index in [0.717, 1.165) is 19.3 Å². The monoisotopic (exact) mass is 188 g/mol. The van der Waals surface area contributed by atoms with Gasteiger partial charge in [0.05, 0.1) is 12.2 Å². The summed E-state index contributed by atoms with van der Waals surface area (Å²) >= 11 is 0. The van der Waals surface area contributed by atoms with Gasteiger partial charge in [0.15, 0.2) is 0 Å². The van der Waals surface area contributed by atoms with Gasteiger partial charge >= 0.3 is 0 Å². The number of aliphatic hydroxyl groups excluding tert-OH is 1. The maximum Gasteiger partial charge on any atom is 0.0836 e. The van der Waals surface area contributed by atoms with Crippen LogP contribution >= 0.6 is 0 Å². The van der Waals surface area contributed by atoms with Crippen molar-refractivity contribution < 1.29 is 9.84 Å². The lowest BCUT2D eigenvalue weighted by Crippen LogP contribution is -2.34. The Morgan fingerprint density at radius 1 is 1.23 bits per heavy atom. The van der Waals surface area contributed by atoms with Crippen molar-refractivity contribution in [3.63, 3.8) is 0 Å². The minimum atomic E-state index is -0.301. The van der Waals surface area contributed by atoms with Crippen LogP contribution in [-0.4, -0.2) is 23.9 Å². The number of aliphatic hydroxyl groups is 1. The molecule has 2 nitrogen and oxygen atoms in total. The molecular formula is C11H24O2.